The summed E-state index contributed by atoms with van der Waals surface area (Å²) in [6.45, 7) is 1.08. The summed E-state index contributed by atoms with van der Waals surface area (Å²) in [6, 6.07) is 8.11. The Hall–Kier alpha value is -2.37. The molecular weight excluding hydrogens is 254 g/mol. The predicted octanol–water partition coefficient (Wildman–Crippen LogP) is 0.716. The number of anilines is 1. The molecule has 1 amide bonds. The predicted molar refractivity (Wildman–Crippen MR) is 75.0 cm³/mol. The Morgan fingerprint density at radius 1 is 1.50 bits per heavy atom. The van der Waals surface area contributed by atoms with Crippen LogP contribution in [0.5, 0.6) is 0 Å². The molecular formula is C14H17N5O. The van der Waals surface area contributed by atoms with Gasteiger partial charge in [0.1, 0.15) is 6.33 Å². The van der Waals surface area contributed by atoms with Crippen LogP contribution >= 0.6 is 0 Å². The Bertz CT molecular complexity index is 622. The Morgan fingerprint density at radius 2 is 2.35 bits per heavy atom. The second kappa shape index (κ2) is 5.32. The molecule has 2 aromatic rings. The monoisotopic (exact) mass is 271 g/mol. The van der Waals surface area contributed by atoms with E-state index in [1.165, 1.54) is 5.56 Å². The number of nitrogens with one attached hydrogen (secondary N) is 2. The maximum absolute atomic E-state index is 12.2. The molecule has 104 valence electrons. The highest BCUT2D eigenvalue weighted by atomic mass is 16.1. The molecule has 6 heteroatoms. The second-order valence-corrected chi connectivity index (χ2v) is 5.01. The smallest absolute Gasteiger partial charge is 0.225 e. The SMILES string of the molecule is Cn1cnnc1CNC(=O)C1CNc2ccccc2C1. The summed E-state index contributed by atoms with van der Waals surface area (Å²) in [4.78, 5) is 12.2. The fraction of sp³-hybridized carbons (Fsp3) is 0.357. The van der Waals surface area contributed by atoms with Crippen molar-refractivity contribution >= 4 is 11.6 Å². The van der Waals surface area contributed by atoms with Gasteiger partial charge in [0.15, 0.2) is 5.82 Å². The molecule has 6 nitrogen and oxygen atoms in total. The number of carbonyl (C=O) groups is 1. The van der Waals surface area contributed by atoms with Crippen LogP contribution in [0.3, 0.4) is 0 Å². The van der Waals surface area contributed by atoms with Gasteiger partial charge in [0.05, 0.1) is 12.5 Å². The first-order chi connectivity index (χ1) is 9.74. The fourth-order valence-electron chi connectivity index (χ4n) is 2.40. The minimum atomic E-state index is -0.0434. The van der Waals surface area contributed by atoms with E-state index in [4.69, 9.17) is 0 Å². The van der Waals surface area contributed by atoms with E-state index < -0.39 is 0 Å². The van der Waals surface area contributed by atoms with Crippen molar-refractivity contribution < 1.29 is 4.79 Å². The molecule has 0 saturated carbocycles. The molecule has 0 saturated heterocycles. The van der Waals surface area contributed by atoms with E-state index in [1.807, 2.05) is 25.2 Å². The summed E-state index contributed by atoms with van der Waals surface area (Å²) < 4.78 is 1.80. The molecule has 1 aromatic heterocycles. The number of aromatic nitrogens is 3. The van der Waals surface area contributed by atoms with Crippen LogP contribution in [0.2, 0.25) is 0 Å². The number of amides is 1. The highest BCUT2D eigenvalue weighted by molar-refractivity contribution is 5.80. The molecule has 3 rings (SSSR count). The molecule has 0 aliphatic carbocycles. The number of aryl methyl sites for hydroxylation is 1. The van der Waals surface area contributed by atoms with E-state index in [2.05, 4.69) is 26.9 Å². The van der Waals surface area contributed by atoms with Crippen molar-refractivity contribution in [3.63, 3.8) is 0 Å². The quantitative estimate of drug-likeness (QED) is 0.862. The highest BCUT2D eigenvalue weighted by Gasteiger charge is 2.24. The third-order valence-electron chi connectivity index (χ3n) is 3.62. The molecule has 1 unspecified atom stereocenters. The van der Waals surface area contributed by atoms with E-state index in [9.17, 15) is 4.79 Å². The summed E-state index contributed by atoms with van der Waals surface area (Å²) in [6.07, 6.45) is 2.40. The summed E-state index contributed by atoms with van der Waals surface area (Å²) >= 11 is 0. The standard InChI is InChI=1S/C14H17N5O/c1-19-9-17-18-13(19)8-16-14(20)11-6-10-4-2-3-5-12(10)15-7-11/h2-5,9,11,15H,6-8H2,1H3,(H,16,20). The van der Waals surface area contributed by atoms with Crippen LogP contribution in [-0.4, -0.2) is 27.2 Å². The average Bonchev–Trinajstić information content (AvgIpc) is 2.89. The Morgan fingerprint density at radius 3 is 3.15 bits per heavy atom. The lowest BCUT2D eigenvalue weighted by Crippen LogP contribution is -2.38. The number of benzene rings is 1. The van der Waals surface area contributed by atoms with Gasteiger partial charge in [0, 0.05) is 19.3 Å². The number of rotatable bonds is 3. The van der Waals surface area contributed by atoms with Crippen molar-refractivity contribution in [3.05, 3.63) is 42.0 Å². The summed E-state index contributed by atoms with van der Waals surface area (Å²) in [5.41, 5.74) is 2.32. The lowest BCUT2D eigenvalue weighted by atomic mass is 9.93. The van der Waals surface area contributed by atoms with Gasteiger partial charge >= 0.3 is 0 Å². The van der Waals surface area contributed by atoms with Crippen LogP contribution in [0.25, 0.3) is 0 Å². The van der Waals surface area contributed by atoms with Crippen molar-refractivity contribution in [2.45, 2.75) is 13.0 Å². The molecule has 1 aliphatic heterocycles. The third kappa shape index (κ3) is 2.49. The molecule has 0 radical (unpaired) electrons. The summed E-state index contributed by atoms with van der Waals surface area (Å²) in [7, 11) is 1.86. The molecule has 0 fully saturated rings. The molecule has 2 heterocycles. The average molecular weight is 271 g/mol. The number of para-hydroxylation sites is 1. The number of fused-ring (bicyclic) bond motifs is 1. The van der Waals surface area contributed by atoms with Crippen molar-refractivity contribution in [2.24, 2.45) is 13.0 Å². The largest absolute Gasteiger partial charge is 0.384 e. The zero-order valence-corrected chi connectivity index (χ0v) is 11.3. The first-order valence-electron chi connectivity index (χ1n) is 6.66. The van der Waals surface area contributed by atoms with Gasteiger partial charge in [-0.25, -0.2) is 0 Å². The Labute approximate surface area is 117 Å². The molecule has 1 atom stereocenters. The van der Waals surface area contributed by atoms with E-state index in [0.29, 0.717) is 13.1 Å². The van der Waals surface area contributed by atoms with Crippen LogP contribution in [0.4, 0.5) is 5.69 Å². The van der Waals surface area contributed by atoms with E-state index >= 15 is 0 Å². The van der Waals surface area contributed by atoms with Gasteiger partial charge in [-0.15, -0.1) is 10.2 Å². The van der Waals surface area contributed by atoms with Gasteiger partial charge in [0.25, 0.3) is 0 Å². The summed E-state index contributed by atoms with van der Waals surface area (Å²) in [5.74, 6) is 0.760. The zero-order valence-electron chi connectivity index (χ0n) is 11.3. The maximum Gasteiger partial charge on any atom is 0.225 e. The van der Waals surface area contributed by atoms with Crippen LogP contribution in [0, 0.1) is 5.92 Å². The third-order valence-corrected chi connectivity index (χ3v) is 3.62. The Balaban J connectivity index is 1.60. The number of carbonyl (C=O) groups excluding carboxylic acids is 1. The second-order valence-electron chi connectivity index (χ2n) is 5.01. The van der Waals surface area contributed by atoms with Gasteiger partial charge in [-0.3, -0.25) is 4.79 Å². The zero-order chi connectivity index (χ0) is 13.9. The highest BCUT2D eigenvalue weighted by Crippen LogP contribution is 2.24. The normalized spacial score (nSPS) is 17.1. The van der Waals surface area contributed by atoms with Crippen molar-refractivity contribution in [1.82, 2.24) is 20.1 Å². The number of hydrogen-bond donors (Lipinski definition) is 2. The number of nitrogens with zero attached hydrogens (tertiary/aromatic N) is 3. The lowest BCUT2D eigenvalue weighted by molar-refractivity contribution is -0.124. The van der Waals surface area contributed by atoms with E-state index in [1.54, 1.807) is 10.9 Å². The van der Waals surface area contributed by atoms with Crippen molar-refractivity contribution in [3.8, 4) is 0 Å². The molecule has 1 aromatic carbocycles. The first-order valence-corrected chi connectivity index (χ1v) is 6.66. The molecule has 0 bridgehead atoms. The fourth-order valence-corrected chi connectivity index (χ4v) is 2.40. The molecule has 20 heavy (non-hydrogen) atoms. The molecule has 2 N–H and O–H groups in total. The van der Waals surface area contributed by atoms with Crippen LogP contribution in [0.1, 0.15) is 11.4 Å². The van der Waals surface area contributed by atoms with Gasteiger partial charge in [-0.1, -0.05) is 18.2 Å². The van der Waals surface area contributed by atoms with Crippen LogP contribution in [0.15, 0.2) is 30.6 Å². The molecule has 0 spiro atoms. The van der Waals surface area contributed by atoms with Gasteiger partial charge in [-0.2, -0.15) is 0 Å². The van der Waals surface area contributed by atoms with Crippen LogP contribution in [-0.2, 0) is 24.8 Å². The molecule has 1 aliphatic rings. The lowest BCUT2D eigenvalue weighted by Gasteiger charge is -2.25. The van der Waals surface area contributed by atoms with Gasteiger partial charge < -0.3 is 15.2 Å². The van der Waals surface area contributed by atoms with E-state index in [-0.39, 0.29) is 11.8 Å². The van der Waals surface area contributed by atoms with Gasteiger partial charge in [0.2, 0.25) is 5.91 Å². The summed E-state index contributed by atoms with van der Waals surface area (Å²) in [5, 5.41) is 14.0. The maximum atomic E-state index is 12.2. The van der Waals surface area contributed by atoms with Gasteiger partial charge in [-0.05, 0) is 18.1 Å². The van der Waals surface area contributed by atoms with Crippen molar-refractivity contribution in [2.75, 3.05) is 11.9 Å². The minimum absolute atomic E-state index is 0.0434. The van der Waals surface area contributed by atoms with E-state index in [0.717, 1.165) is 17.9 Å². The Kier molecular flexibility index (Phi) is 3.37. The minimum Gasteiger partial charge on any atom is -0.384 e. The number of hydrogen-bond acceptors (Lipinski definition) is 4. The topological polar surface area (TPSA) is 71.8 Å². The first kappa shape index (κ1) is 12.7. The van der Waals surface area contributed by atoms with Crippen molar-refractivity contribution in [1.29, 1.82) is 0 Å². The van der Waals surface area contributed by atoms with Crippen LogP contribution < -0.4 is 10.6 Å².